The first-order chi connectivity index (χ1) is 14.0. The second-order valence-electron chi connectivity index (χ2n) is 7.60. The van der Waals surface area contributed by atoms with Gasteiger partial charge < -0.3 is 10.6 Å². The summed E-state index contributed by atoms with van der Waals surface area (Å²) < 4.78 is 3.69. The second-order valence-corrected chi connectivity index (χ2v) is 7.60. The van der Waals surface area contributed by atoms with Gasteiger partial charge in [0.2, 0.25) is 5.91 Å². The fourth-order valence-electron chi connectivity index (χ4n) is 4.10. The lowest BCUT2D eigenvalue weighted by Crippen LogP contribution is -2.19. The van der Waals surface area contributed by atoms with E-state index >= 15 is 0 Å². The number of para-hydroxylation sites is 1. The van der Waals surface area contributed by atoms with Crippen molar-refractivity contribution in [2.24, 2.45) is 14.1 Å². The van der Waals surface area contributed by atoms with E-state index in [9.17, 15) is 4.79 Å². The quantitative estimate of drug-likeness (QED) is 0.550. The predicted molar refractivity (Wildman–Crippen MR) is 115 cm³/mol. The summed E-state index contributed by atoms with van der Waals surface area (Å²) in [5, 5.41) is 16.7. The van der Waals surface area contributed by atoms with Gasteiger partial charge in [-0.2, -0.15) is 10.2 Å². The maximum atomic E-state index is 12.2. The number of benzene rings is 2. The highest BCUT2D eigenvalue weighted by atomic mass is 16.1. The number of carbonyl (C=O) groups is 1. The summed E-state index contributed by atoms with van der Waals surface area (Å²) >= 11 is 0. The number of nitrogens with zero attached hydrogens (tertiary/aromatic N) is 4. The van der Waals surface area contributed by atoms with Crippen LogP contribution >= 0.6 is 0 Å². The minimum atomic E-state index is 0.0246. The van der Waals surface area contributed by atoms with Crippen LogP contribution in [0.5, 0.6) is 0 Å². The standard InChI is InChI=1S/C22H22N6O/c1-13-10-19(29)25-17-8-4-7-16(22(17)24-13)15-6-5-9-18-20(15)21(26-28(18)3)14-11-23-27(2)12-14/h4-9,11-13,24H,10H2,1-3H3,(H,25,29)/t13-/m1/s1. The average molecular weight is 386 g/mol. The molecule has 1 aliphatic rings. The maximum absolute atomic E-state index is 12.2. The van der Waals surface area contributed by atoms with E-state index in [1.807, 2.05) is 56.3 Å². The van der Waals surface area contributed by atoms with Gasteiger partial charge in [-0.3, -0.25) is 14.2 Å². The Morgan fingerprint density at radius 1 is 1.10 bits per heavy atom. The molecular weight excluding hydrogens is 364 g/mol. The molecular formula is C22H22N6O. The van der Waals surface area contributed by atoms with Crippen molar-refractivity contribution in [2.45, 2.75) is 19.4 Å². The van der Waals surface area contributed by atoms with Crippen molar-refractivity contribution in [3.05, 3.63) is 48.8 Å². The SMILES string of the molecule is C[C@@H]1CC(=O)Nc2cccc(-c3cccc4c3c(-c3cnn(C)c3)nn4C)c2N1. The van der Waals surface area contributed by atoms with Gasteiger partial charge in [0.15, 0.2) is 0 Å². The zero-order valence-electron chi connectivity index (χ0n) is 16.6. The van der Waals surface area contributed by atoms with Gasteiger partial charge in [-0.15, -0.1) is 0 Å². The Morgan fingerprint density at radius 2 is 1.90 bits per heavy atom. The molecule has 3 heterocycles. The van der Waals surface area contributed by atoms with Gasteiger partial charge in [0.1, 0.15) is 5.69 Å². The number of amides is 1. The van der Waals surface area contributed by atoms with Gasteiger partial charge in [-0.1, -0.05) is 24.3 Å². The number of hydrogen-bond acceptors (Lipinski definition) is 4. The molecule has 7 nitrogen and oxygen atoms in total. The number of aromatic nitrogens is 4. The zero-order chi connectivity index (χ0) is 20.1. The molecule has 0 spiro atoms. The van der Waals surface area contributed by atoms with E-state index < -0.39 is 0 Å². The summed E-state index contributed by atoms with van der Waals surface area (Å²) in [6, 6.07) is 12.3. The van der Waals surface area contributed by atoms with Crippen LogP contribution in [0.2, 0.25) is 0 Å². The number of aryl methyl sites for hydroxylation is 2. The third kappa shape index (κ3) is 2.86. The Bertz CT molecular complexity index is 1250. The van der Waals surface area contributed by atoms with Gasteiger partial charge >= 0.3 is 0 Å². The molecule has 0 saturated carbocycles. The van der Waals surface area contributed by atoms with E-state index in [4.69, 9.17) is 5.10 Å². The van der Waals surface area contributed by atoms with Gasteiger partial charge in [-0.25, -0.2) is 0 Å². The number of hydrogen-bond donors (Lipinski definition) is 2. The lowest BCUT2D eigenvalue weighted by molar-refractivity contribution is -0.116. The molecule has 7 heteroatoms. The van der Waals surface area contributed by atoms with Crippen molar-refractivity contribution in [1.82, 2.24) is 19.6 Å². The Labute approximate surface area is 168 Å². The van der Waals surface area contributed by atoms with Gasteiger partial charge in [0.25, 0.3) is 0 Å². The molecule has 0 unspecified atom stereocenters. The number of anilines is 2. The molecule has 0 saturated heterocycles. The van der Waals surface area contributed by atoms with E-state index in [0.717, 1.165) is 44.7 Å². The topological polar surface area (TPSA) is 76.8 Å². The van der Waals surface area contributed by atoms with E-state index in [2.05, 4.69) is 33.9 Å². The summed E-state index contributed by atoms with van der Waals surface area (Å²) in [7, 11) is 3.86. The highest BCUT2D eigenvalue weighted by Gasteiger charge is 2.23. The monoisotopic (exact) mass is 386 g/mol. The highest BCUT2D eigenvalue weighted by Crippen LogP contribution is 2.42. The lowest BCUT2D eigenvalue weighted by atomic mass is 9.96. The Balaban J connectivity index is 1.79. The van der Waals surface area contributed by atoms with Crippen LogP contribution in [0.15, 0.2) is 48.8 Å². The van der Waals surface area contributed by atoms with Crippen molar-refractivity contribution in [2.75, 3.05) is 10.6 Å². The number of nitrogens with one attached hydrogen (secondary N) is 2. The molecule has 4 aromatic rings. The minimum Gasteiger partial charge on any atom is -0.380 e. The van der Waals surface area contributed by atoms with Gasteiger partial charge in [-0.05, 0) is 24.6 Å². The van der Waals surface area contributed by atoms with Crippen LogP contribution < -0.4 is 10.6 Å². The maximum Gasteiger partial charge on any atom is 0.226 e. The van der Waals surface area contributed by atoms with Crippen LogP contribution in [-0.2, 0) is 18.9 Å². The first-order valence-electron chi connectivity index (χ1n) is 9.66. The normalized spacial score (nSPS) is 16.2. The fourth-order valence-corrected chi connectivity index (χ4v) is 4.10. The Morgan fingerprint density at radius 3 is 2.69 bits per heavy atom. The molecule has 2 N–H and O–H groups in total. The van der Waals surface area contributed by atoms with Crippen molar-refractivity contribution in [3.63, 3.8) is 0 Å². The van der Waals surface area contributed by atoms with Crippen LogP contribution in [0.25, 0.3) is 33.3 Å². The number of fused-ring (bicyclic) bond motifs is 2. The Hall–Kier alpha value is -3.61. The molecule has 29 heavy (non-hydrogen) atoms. The molecule has 1 atom stereocenters. The average Bonchev–Trinajstić information content (AvgIpc) is 3.22. The molecule has 146 valence electrons. The third-order valence-electron chi connectivity index (χ3n) is 5.37. The molecule has 0 radical (unpaired) electrons. The van der Waals surface area contributed by atoms with Crippen LogP contribution in [0, 0.1) is 0 Å². The molecule has 0 fully saturated rings. The van der Waals surface area contributed by atoms with Crippen molar-refractivity contribution in [1.29, 1.82) is 0 Å². The zero-order valence-corrected chi connectivity index (χ0v) is 16.6. The molecule has 1 amide bonds. The van der Waals surface area contributed by atoms with Gasteiger partial charge in [0.05, 0.1) is 23.1 Å². The van der Waals surface area contributed by atoms with Crippen LogP contribution in [0.4, 0.5) is 11.4 Å². The molecule has 0 bridgehead atoms. The largest absolute Gasteiger partial charge is 0.380 e. The van der Waals surface area contributed by atoms with E-state index in [1.165, 1.54) is 0 Å². The first-order valence-corrected chi connectivity index (χ1v) is 9.66. The summed E-state index contributed by atoms with van der Waals surface area (Å²) in [5.41, 5.74) is 6.78. The van der Waals surface area contributed by atoms with Crippen molar-refractivity contribution in [3.8, 4) is 22.4 Å². The summed E-state index contributed by atoms with van der Waals surface area (Å²) in [5.74, 6) is 0.0246. The Kier molecular flexibility index (Phi) is 3.91. The van der Waals surface area contributed by atoms with E-state index in [0.29, 0.717) is 6.42 Å². The van der Waals surface area contributed by atoms with Gasteiger partial charge in [0, 0.05) is 49.3 Å². The minimum absolute atomic E-state index is 0.0246. The highest BCUT2D eigenvalue weighted by molar-refractivity contribution is 6.08. The number of carbonyl (C=O) groups excluding carboxylic acids is 1. The molecule has 0 aliphatic carbocycles. The molecule has 1 aliphatic heterocycles. The molecule has 2 aromatic carbocycles. The fraction of sp³-hybridized carbons (Fsp3) is 0.227. The smallest absolute Gasteiger partial charge is 0.226 e. The summed E-state index contributed by atoms with van der Waals surface area (Å²) in [6.07, 6.45) is 4.25. The second kappa shape index (κ2) is 6.48. The molecule has 2 aromatic heterocycles. The van der Waals surface area contributed by atoms with E-state index in [-0.39, 0.29) is 11.9 Å². The third-order valence-corrected chi connectivity index (χ3v) is 5.37. The molecule has 5 rings (SSSR count). The van der Waals surface area contributed by atoms with Crippen molar-refractivity contribution < 1.29 is 4.79 Å². The van der Waals surface area contributed by atoms with Crippen molar-refractivity contribution >= 4 is 28.2 Å². The van der Waals surface area contributed by atoms with Crippen LogP contribution in [0.1, 0.15) is 13.3 Å². The van der Waals surface area contributed by atoms with E-state index in [1.54, 1.807) is 4.68 Å². The summed E-state index contributed by atoms with van der Waals surface area (Å²) in [4.78, 5) is 12.2. The first kappa shape index (κ1) is 17.5. The summed E-state index contributed by atoms with van der Waals surface area (Å²) in [6.45, 7) is 2.02. The van der Waals surface area contributed by atoms with Crippen LogP contribution in [-0.4, -0.2) is 31.5 Å². The predicted octanol–water partition coefficient (Wildman–Crippen LogP) is 3.78. The number of rotatable bonds is 2. The lowest BCUT2D eigenvalue weighted by Gasteiger charge is -2.17. The van der Waals surface area contributed by atoms with Crippen LogP contribution in [0.3, 0.4) is 0 Å².